The van der Waals surface area contributed by atoms with E-state index in [1.807, 2.05) is 30.3 Å². The molecule has 1 aliphatic rings. The molecule has 1 N–H and O–H groups in total. The highest BCUT2D eigenvalue weighted by molar-refractivity contribution is 8.18. The van der Waals surface area contributed by atoms with Gasteiger partial charge in [0.25, 0.3) is 5.91 Å². The predicted octanol–water partition coefficient (Wildman–Crippen LogP) is 5.02. The number of rotatable bonds is 5. The van der Waals surface area contributed by atoms with E-state index in [4.69, 9.17) is 16.3 Å². The summed E-state index contributed by atoms with van der Waals surface area (Å²) in [5.41, 5.74) is 1.61. The van der Waals surface area contributed by atoms with E-state index in [-0.39, 0.29) is 5.91 Å². The number of para-hydroxylation sites is 1. The molecular weight excluding hydrogens is 356 g/mol. The highest BCUT2D eigenvalue weighted by atomic mass is 35.5. The number of carbonyl (C=O) groups is 1. The van der Waals surface area contributed by atoms with Gasteiger partial charge in [-0.05, 0) is 54.6 Å². The normalized spacial score (nSPS) is 17.1. The molecule has 25 heavy (non-hydrogen) atoms. The fraction of sp³-hybridized carbons (Fsp3) is 0.158. The van der Waals surface area contributed by atoms with Crippen LogP contribution in [-0.2, 0) is 4.79 Å². The first kappa shape index (κ1) is 17.6. The summed E-state index contributed by atoms with van der Waals surface area (Å²) in [6.07, 6.45) is 2.76. The lowest BCUT2D eigenvalue weighted by molar-refractivity contribution is -0.115. The van der Waals surface area contributed by atoms with Crippen molar-refractivity contribution in [3.05, 3.63) is 64.0 Å². The van der Waals surface area contributed by atoms with E-state index < -0.39 is 0 Å². The number of ether oxygens (including phenoxy) is 1. The largest absolute Gasteiger partial charge is 0.493 e. The van der Waals surface area contributed by atoms with Crippen LogP contribution < -0.4 is 10.1 Å². The average Bonchev–Trinajstić information content (AvgIpc) is 2.95. The van der Waals surface area contributed by atoms with Crippen LogP contribution in [0.1, 0.15) is 18.9 Å². The highest BCUT2D eigenvalue weighted by Gasteiger charge is 2.24. The summed E-state index contributed by atoms with van der Waals surface area (Å²) in [6, 6.07) is 14.8. The number of amides is 1. The number of carbonyl (C=O) groups excluding carboxylic acids is 1. The van der Waals surface area contributed by atoms with Crippen LogP contribution in [0.4, 0.5) is 5.69 Å². The minimum atomic E-state index is -0.164. The van der Waals surface area contributed by atoms with Gasteiger partial charge < -0.3 is 10.1 Å². The summed E-state index contributed by atoms with van der Waals surface area (Å²) >= 11 is 7.18. The molecule has 1 aliphatic heterocycles. The number of nitrogens with one attached hydrogen (secondary N) is 1. The number of halogens is 1. The summed E-state index contributed by atoms with van der Waals surface area (Å²) in [5.74, 6) is 0.608. The molecule has 128 valence electrons. The molecule has 0 aromatic heterocycles. The van der Waals surface area contributed by atoms with E-state index in [0.717, 1.165) is 23.4 Å². The second-order valence-electron chi connectivity index (χ2n) is 5.34. The van der Waals surface area contributed by atoms with Crippen molar-refractivity contribution in [1.82, 2.24) is 5.32 Å². The molecule has 1 amide bonds. The van der Waals surface area contributed by atoms with Crippen LogP contribution in [0.3, 0.4) is 0 Å². The lowest BCUT2D eigenvalue weighted by Crippen LogP contribution is -2.19. The second-order valence-corrected chi connectivity index (χ2v) is 6.81. The third kappa shape index (κ3) is 4.65. The lowest BCUT2D eigenvalue weighted by atomic mass is 10.2. The molecule has 2 aromatic carbocycles. The van der Waals surface area contributed by atoms with E-state index in [0.29, 0.717) is 21.7 Å². The Hall–Kier alpha value is -2.24. The topological polar surface area (TPSA) is 50.7 Å². The molecule has 1 heterocycles. The van der Waals surface area contributed by atoms with Crippen LogP contribution in [0.5, 0.6) is 5.75 Å². The van der Waals surface area contributed by atoms with Crippen LogP contribution >= 0.6 is 23.4 Å². The molecule has 0 unspecified atom stereocenters. The maximum Gasteiger partial charge on any atom is 0.264 e. The molecule has 1 saturated heterocycles. The zero-order chi connectivity index (χ0) is 17.6. The molecule has 0 atom stereocenters. The van der Waals surface area contributed by atoms with E-state index in [9.17, 15) is 4.79 Å². The van der Waals surface area contributed by atoms with E-state index in [2.05, 4.69) is 17.2 Å². The summed E-state index contributed by atoms with van der Waals surface area (Å²) in [6.45, 7) is 2.70. The molecule has 3 rings (SSSR count). The first-order chi connectivity index (χ1) is 12.2. The van der Waals surface area contributed by atoms with E-state index in [1.165, 1.54) is 11.8 Å². The van der Waals surface area contributed by atoms with Gasteiger partial charge in [0.1, 0.15) is 5.75 Å². The minimum Gasteiger partial charge on any atom is -0.493 e. The lowest BCUT2D eigenvalue weighted by Gasteiger charge is -2.07. The molecule has 4 nitrogen and oxygen atoms in total. The quantitative estimate of drug-likeness (QED) is 0.749. The summed E-state index contributed by atoms with van der Waals surface area (Å²) in [4.78, 5) is 17.2. The van der Waals surface area contributed by atoms with Gasteiger partial charge in [0.15, 0.2) is 5.17 Å². The first-order valence-electron chi connectivity index (χ1n) is 7.92. The number of nitrogens with zero attached hydrogens (tertiary/aromatic N) is 1. The standard InChI is InChI=1S/C19H17ClN2O2S/c1-2-11-24-16-6-4-3-5-13(16)12-17-18(23)22-19(25-17)21-15-9-7-14(20)8-10-15/h3-10,12H,2,11H2,1H3,(H,21,22,23)/b17-12-. The van der Waals surface area contributed by atoms with Crippen LogP contribution in [0.2, 0.25) is 5.02 Å². The smallest absolute Gasteiger partial charge is 0.264 e. The predicted molar refractivity (Wildman–Crippen MR) is 104 cm³/mol. The average molecular weight is 373 g/mol. The van der Waals surface area contributed by atoms with Gasteiger partial charge in [0, 0.05) is 10.6 Å². The van der Waals surface area contributed by atoms with Crippen molar-refractivity contribution in [2.45, 2.75) is 13.3 Å². The summed E-state index contributed by atoms with van der Waals surface area (Å²) in [5, 5.41) is 3.98. The first-order valence-corrected chi connectivity index (χ1v) is 9.12. The number of amidine groups is 1. The maximum absolute atomic E-state index is 12.2. The van der Waals surface area contributed by atoms with Crippen molar-refractivity contribution in [1.29, 1.82) is 0 Å². The van der Waals surface area contributed by atoms with Gasteiger partial charge in [-0.3, -0.25) is 4.79 Å². The summed E-state index contributed by atoms with van der Waals surface area (Å²) < 4.78 is 5.74. The minimum absolute atomic E-state index is 0.164. The Morgan fingerprint density at radius 3 is 2.72 bits per heavy atom. The van der Waals surface area contributed by atoms with Crippen LogP contribution in [0, 0.1) is 0 Å². The molecule has 0 spiro atoms. The van der Waals surface area contributed by atoms with E-state index in [1.54, 1.807) is 24.3 Å². The Bertz CT molecular complexity index is 832. The summed E-state index contributed by atoms with van der Waals surface area (Å²) in [7, 11) is 0. The Morgan fingerprint density at radius 2 is 1.96 bits per heavy atom. The van der Waals surface area contributed by atoms with Crippen molar-refractivity contribution in [2.75, 3.05) is 6.61 Å². The van der Waals surface area contributed by atoms with Gasteiger partial charge in [-0.15, -0.1) is 0 Å². The molecule has 2 aromatic rings. The molecule has 6 heteroatoms. The Morgan fingerprint density at radius 1 is 1.20 bits per heavy atom. The van der Waals surface area contributed by atoms with Gasteiger partial charge in [-0.2, -0.15) is 0 Å². The van der Waals surface area contributed by atoms with Crippen molar-refractivity contribution in [3.63, 3.8) is 0 Å². The van der Waals surface area contributed by atoms with Gasteiger partial charge in [0.05, 0.1) is 17.2 Å². The fourth-order valence-corrected chi connectivity index (χ4v) is 3.16. The third-order valence-corrected chi connectivity index (χ3v) is 4.54. The van der Waals surface area contributed by atoms with E-state index >= 15 is 0 Å². The molecule has 1 fully saturated rings. The zero-order valence-corrected chi connectivity index (χ0v) is 15.2. The van der Waals surface area contributed by atoms with Crippen LogP contribution in [-0.4, -0.2) is 17.7 Å². The van der Waals surface area contributed by atoms with Crippen molar-refractivity contribution < 1.29 is 9.53 Å². The number of benzene rings is 2. The van der Waals surface area contributed by atoms with Crippen LogP contribution in [0.25, 0.3) is 6.08 Å². The SMILES string of the molecule is CCCOc1ccccc1/C=C1\SC(=Nc2ccc(Cl)cc2)NC1=O. The second kappa shape index (κ2) is 8.23. The van der Waals surface area contributed by atoms with Gasteiger partial charge >= 0.3 is 0 Å². The van der Waals surface area contributed by atoms with Gasteiger partial charge in [-0.25, -0.2) is 4.99 Å². The number of hydrogen-bond donors (Lipinski definition) is 1. The Balaban J connectivity index is 1.81. The molecular formula is C19H17ClN2O2S. The fourth-order valence-electron chi connectivity index (χ4n) is 2.20. The number of hydrogen-bond acceptors (Lipinski definition) is 4. The van der Waals surface area contributed by atoms with Gasteiger partial charge in [-0.1, -0.05) is 36.7 Å². The molecule has 0 saturated carbocycles. The number of thioether (sulfide) groups is 1. The zero-order valence-electron chi connectivity index (χ0n) is 13.7. The van der Waals surface area contributed by atoms with Crippen molar-refractivity contribution in [2.24, 2.45) is 4.99 Å². The van der Waals surface area contributed by atoms with Crippen LogP contribution in [0.15, 0.2) is 58.4 Å². The van der Waals surface area contributed by atoms with Gasteiger partial charge in [0.2, 0.25) is 0 Å². The molecule has 0 bridgehead atoms. The van der Waals surface area contributed by atoms with Crippen molar-refractivity contribution in [3.8, 4) is 5.75 Å². The van der Waals surface area contributed by atoms with Crippen molar-refractivity contribution >= 4 is 46.2 Å². The molecule has 0 radical (unpaired) electrons. The maximum atomic E-state index is 12.2. The third-order valence-electron chi connectivity index (χ3n) is 3.38. The number of aliphatic imine (C=N–C) groups is 1. The Kier molecular flexibility index (Phi) is 5.79. The Labute approximate surface area is 155 Å². The molecule has 0 aliphatic carbocycles. The highest BCUT2D eigenvalue weighted by Crippen LogP contribution is 2.30. The monoisotopic (exact) mass is 372 g/mol.